The zero-order chi connectivity index (χ0) is 14.4. The van der Waals surface area contributed by atoms with Gasteiger partial charge < -0.3 is 13.9 Å². The molecule has 0 bridgehead atoms. The molecular formula is C16H18O4. The molecule has 0 radical (unpaired) electrons. The van der Waals surface area contributed by atoms with Gasteiger partial charge in [-0.15, -0.1) is 0 Å². The number of furan rings is 1. The molecule has 0 aliphatic rings. The highest BCUT2D eigenvalue weighted by molar-refractivity contribution is 5.70. The molecule has 1 atom stereocenters. The van der Waals surface area contributed by atoms with Crippen LogP contribution < -0.4 is 4.74 Å². The van der Waals surface area contributed by atoms with Crippen molar-refractivity contribution in [2.45, 2.75) is 18.8 Å². The lowest BCUT2D eigenvalue weighted by Crippen LogP contribution is -2.10. The molecule has 0 amide bonds. The SMILES string of the molecule is COC(=O)CC(Cc1ccc(OC)cc1)c1ccco1. The van der Waals surface area contributed by atoms with Gasteiger partial charge in [-0.05, 0) is 36.2 Å². The van der Waals surface area contributed by atoms with Crippen LogP contribution in [0.1, 0.15) is 23.7 Å². The maximum absolute atomic E-state index is 11.5. The molecule has 2 rings (SSSR count). The molecule has 1 heterocycles. The van der Waals surface area contributed by atoms with Gasteiger partial charge in [0.1, 0.15) is 11.5 Å². The standard InChI is InChI=1S/C16H18O4/c1-18-14-7-5-12(6-8-14)10-13(11-16(17)19-2)15-4-3-9-20-15/h3-9,13H,10-11H2,1-2H3. The molecule has 4 nitrogen and oxygen atoms in total. The zero-order valence-corrected chi connectivity index (χ0v) is 11.7. The van der Waals surface area contributed by atoms with E-state index in [0.29, 0.717) is 12.8 Å². The molecule has 106 valence electrons. The molecule has 0 spiro atoms. The van der Waals surface area contributed by atoms with E-state index in [1.54, 1.807) is 13.4 Å². The van der Waals surface area contributed by atoms with Crippen LogP contribution in [0.2, 0.25) is 0 Å². The number of methoxy groups -OCH3 is 2. The quantitative estimate of drug-likeness (QED) is 0.759. The lowest BCUT2D eigenvalue weighted by molar-refractivity contribution is -0.141. The summed E-state index contributed by atoms with van der Waals surface area (Å²) in [7, 11) is 3.03. The number of benzene rings is 1. The third-order valence-electron chi connectivity index (χ3n) is 3.23. The second-order valence-electron chi connectivity index (χ2n) is 4.54. The monoisotopic (exact) mass is 274 g/mol. The van der Waals surface area contributed by atoms with E-state index in [-0.39, 0.29) is 11.9 Å². The second kappa shape index (κ2) is 6.80. The number of esters is 1. The Kier molecular flexibility index (Phi) is 4.82. The first-order chi connectivity index (χ1) is 9.72. The van der Waals surface area contributed by atoms with E-state index in [0.717, 1.165) is 17.1 Å². The predicted molar refractivity (Wildman–Crippen MR) is 74.8 cm³/mol. The summed E-state index contributed by atoms with van der Waals surface area (Å²) >= 11 is 0. The summed E-state index contributed by atoms with van der Waals surface area (Å²) in [5, 5.41) is 0. The number of hydrogen-bond donors (Lipinski definition) is 0. The van der Waals surface area contributed by atoms with Gasteiger partial charge in [-0.25, -0.2) is 0 Å². The largest absolute Gasteiger partial charge is 0.497 e. The molecule has 0 saturated carbocycles. The molecule has 20 heavy (non-hydrogen) atoms. The minimum Gasteiger partial charge on any atom is -0.497 e. The third kappa shape index (κ3) is 3.63. The average molecular weight is 274 g/mol. The summed E-state index contributed by atoms with van der Waals surface area (Å²) < 4.78 is 15.3. The Morgan fingerprint density at radius 1 is 1.20 bits per heavy atom. The molecule has 0 saturated heterocycles. The summed E-state index contributed by atoms with van der Waals surface area (Å²) in [6.07, 6.45) is 2.64. The third-order valence-corrected chi connectivity index (χ3v) is 3.23. The zero-order valence-electron chi connectivity index (χ0n) is 11.7. The molecule has 0 fully saturated rings. The Hall–Kier alpha value is -2.23. The summed E-state index contributed by atoms with van der Waals surface area (Å²) in [5.41, 5.74) is 1.12. The van der Waals surface area contributed by atoms with Gasteiger partial charge in [0, 0.05) is 5.92 Å². The van der Waals surface area contributed by atoms with Crippen molar-refractivity contribution in [1.29, 1.82) is 0 Å². The van der Waals surface area contributed by atoms with Crippen LogP contribution in [0.5, 0.6) is 5.75 Å². The minimum atomic E-state index is -0.236. The normalized spacial score (nSPS) is 11.9. The summed E-state index contributed by atoms with van der Waals surface area (Å²) in [5.74, 6) is 1.35. The fourth-order valence-corrected chi connectivity index (χ4v) is 2.13. The van der Waals surface area contributed by atoms with Crippen molar-refractivity contribution in [2.75, 3.05) is 14.2 Å². The topological polar surface area (TPSA) is 48.7 Å². The van der Waals surface area contributed by atoms with Crippen LogP contribution in [-0.4, -0.2) is 20.2 Å². The summed E-state index contributed by atoms with van der Waals surface area (Å²) in [4.78, 5) is 11.5. The first-order valence-electron chi connectivity index (χ1n) is 6.46. The predicted octanol–water partition coefficient (Wildman–Crippen LogP) is 3.18. The number of rotatable bonds is 6. The Bertz CT molecular complexity index is 528. The van der Waals surface area contributed by atoms with Crippen LogP contribution in [-0.2, 0) is 16.0 Å². The van der Waals surface area contributed by atoms with Gasteiger partial charge in [-0.1, -0.05) is 12.1 Å². The van der Waals surface area contributed by atoms with Gasteiger partial charge in [0.25, 0.3) is 0 Å². The van der Waals surface area contributed by atoms with Crippen molar-refractivity contribution in [2.24, 2.45) is 0 Å². The fraction of sp³-hybridized carbons (Fsp3) is 0.312. The van der Waals surface area contributed by atoms with E-state index in [9.17, 15) is 4.79 Å². The first-order valence-corrected chi connectivity index (χ1v) is 6.46. The van der Waals surface area contributed by atoms with E-state index < -0.39 is 0 Å². The lowest BCUT2D eigenvalue weighted by atomic mass is 9.94. The fourth-order valence-electron chi connectivity index (χ4n) is 2.13. The number of hydrogen-bond acceptors (Lipinski definition) is 4. The highest BCUT2D eigenvalue weighted by atomic mass is 16.5. The van der Waals surface area contributed by atoms with E-state index in [1.807, 2.05) is 36.4 Å². The van der Waals surface area contributed by atoms with Gasteiger partial charge in [0.2, 0.25) is 0 Å². The molecule has 0 aliphatic heterocycles. The van der Waals surface area contributed by atoms with Crippen molar-refractivity contribution in [3.05, 3.63) is 54.0 Å². The van der Waals surface area contributed by atoms with E-state index >= 15 is 0 Å². The van der Waals surface area contributed by atoms with Gasteiger partial charge in [-0.2, -0.15) is 0 Å². The van der Waals surface area contributed by atoms with Crippen molar-refractivity contribution in [3.8, 4) is 5.75 Å². The number of carbonyl (C=O) groups is 1. The Labute approximate surface area is 118 Å². The van der Waals surface area contributed by atoms with Gasteiger partial charge in [0.05, 0.1) is 26.9 Å². The maximum atomic E-state index is 11.5. The van der Waals surface area contributed by atoms with E-state index in [2.05, 4.69) is 0 Å². The Balaban J connectivity index is 2.12. The molecule has 1 aromatic heterocycles. The maximum Gasteiger partial charge on any atom is 0.306 e. The van der Waals surface area contributed by atoms with Crippen molar-refractivity contribution in [1.82, 2.24) is 0 Å². The van der Waals surface area contributed by atoms with Crippen LogP contribution in [0, 0.1) is 0 Å². The molecule has 2 aromatic rings. The van der Waals surface area contributed by atoms with Crippen molar-refractivity contribution < 1.29 is 18.7 Å². The average Bonchev–Trinajstić information content (AvgIpc) is 3.01. The van der Waals surface area contributed by atoms with Gasteiger partial charge in [-0.3, -0.25) is 4.79 Å². The minimum absolute atomic E-state index is 0.0224. The van der Waals surface area contributed by atoms with Crippen molar-refractivity contribution in [3.63, 3.8) is 0 Å². The molecule has 1 unspecified atom stereocenters. The van der Waals surface area contributed by atoms with Crippen LogP contribution >= 0.6 is 0 Å². The first kappa shape index (κ1) is 14.2. The van der Waals surface area contributed by atoms with Crippen LogP contribution in [0.4, 0.5) is 0 Å². The van der Waals surface area contributed by atoms with Crippen molar-refractivity contribution >= 4 is 5.97 Å². The smallest absolute Gasteiger partial charge is 0.306 e. The van der Waals surface area contributed by atoms with Gasteiger partial charge in [0.15, 0.2) is 0 Å². The van der Waals surface area contributed by atoms with Crippen LogP contribution in [0.25, 0.3) is 0 Å². The Morgan fingerprint density at radius 2 is 1.95 bits per heavy atom. The van der Waals surface area contributed by atoms with Crippen LogP contribution in [0.15, 0.2) is 47.1 Å². The number of carbonyl (C=O) groups excluding carboxylic acids is 1. The molecule has 4 heteroatoms. The van der Waals surface area contributed by atoms with E-state index in [1.165, 1.54) is 7.11 Å². The molecule has 0 aliphatic carbocycles. The number of ether oxygens (including phenoxy) is 2. The second-order valence-corrected chi connectivity index (χ2v) is 4.54. The van der Waals surface area contributed by atoms with Crippen LogP contribution in [0.3, 0.4) is 0 Å². The summed E-state index contributed by atoms with van der Waals surface area (Å²) in [6.45, 7) is 0. The highest BCUT2D eigenvalue weighted by Gasteiger charge is 2.19. The van der Waals surface area contributed by atoms with E-state index in [4.69, 9.17) is 13.9 Å². The highest BCUT2D eigenvalue weighted by Crippen LogP contribution is 2.26. The molecule has 0 N–H and O–H groups in total. The molecular weight excluding hydrogens is 256 g/mol. The Morgan fingerprint density at radius 3 is 2.50 bits per heavy atom. The summed E-state index contributed by atoms with van der Waals surface area (Å²) in [6, 6.07) is 11.5. The van der Waals surface area contributed by atoms with Gasteiger partial charge >= 0.3 is 5.97 Å². The lowest BCUT2D eigenvalue weighted by Gasteiger charge is -2.13. The molecule has 1 aromatic carbocycles.